The van der Waals surface area contributed by atoms with Gasteiger partial charge in [0, 0.05) is 23.8 Å². The fourth-order valence-electron chi connectivity index (χ4n) is 2.70. The Morgan fingerprint density at radius 3 is 2.69 bits per heavy atom. The van der Waals surface area contributed by atoms with Gasteiger partial charge in [0.15, 0.2) is 0 Å². The number of halogens is 1. The van der Waals surface area contributed by atoms with Crippen molar-refractivity contribution >= 4 is 17.7 Å². The molecule has 1 aliphatic heterocycles. The molecule has 0 saturated carbocycles. The van der Waals surface area contributed by atoms with Crippen molar-refractivity contribution in [3.63, 3.8) is 0 Å². The second-order valence-electron chi connectivity index (χ2n) is 4.67. The molecule has 16 heavy (non-hydrogen) atoms. The van der Waals surface area contributed by atoms with E-state index in [4.69, 9.17) is 11.6 Å². The van der Waals surface area contributed by atoms with Gasteiger partial charge in [-0.25, -0.2) is 0 Å². The van der Waals surface area contributed by atoms with Crippen LogP contribution >= 0.6 is 11.6 Å². The van der Waals surface area contributed by atoms with Crippen molar-refractivity contribution in [2.75, 3.05) is 13.1 Å². The van der Waals surface area contributed by atoms with E-state index in [-0.39, 0.29) is 0 Å². The van der Waals surface area contributed by atoms with Gasteiger partial charge in [0.1, 0.15) is 0 Å². The minimum Gasteiger partial charge on any atom is -0.375 e. The summed E-state index contributed by atoms with van der Waals surface area (Å²) in [6.45, 7) is 2.48. The van der Waals surface area contributed by atoms with E-state index in [9.17, 15) is 0 Å². The molecular weight excluding hydrogens is 218 g/mol. The lowest BCUT2D eigenvalue weighted by Crippen LogP contribution is -2.20. The van der Waals surface area contributed by atoms with Crippen molar-refractivity contribution in [3.05, 3.63) is 40.0 Å². The Balaban J connectivity index is 1.93. The number of nitrogens with zero attached hydrogens (tertiary/aromatic N) is 1. The third-order valence-electron chi connectivity index (χ3n) is 3.59. The number of hydrogen-bond donors (Lipinski definition) is 0. The summed E-state index contributed by atoms with van der Waals surface area (Å²) >= 11 is 6.04. The van der Waals surface area contributed by atoms with Crippen LogP contribution in [-0.2, 0) is 6.42 Å². The first-order valence-corrected chi connectivity index (χ1v) is 6.45. The van der Waals surface area contributed by atoms with Crippen LogP contribution in [0.5, 0.6) is 0 Å². The van der Waals surface area contributed by atoms with E-state index in [2.05, 4.69) is 23.1 Å². The monoisotopic (exact) mass is 233 g/mol. The zero-order valence-electron chi connectivity index (χ0n) is 9.38. The third kappa shape index (κ3) is 1.84. The average molecular weight is 234 g/mol. The van der Waals surface area contributed by atoms with E-state index in [1.165, 1.54) is 49.2 Å². The molecule has 1 heterocycles. The quantitative estimate of drug-likeness (QED) is 0.715. The van der Waals surface area contributed by atoms with Gasteiger partial charge in [0.2, 0.25) is 0 Å². The normalized spacial score (nSPS) is 19.6. The lowest BCUT2D eigenvalue weighted by molar-refractivity contribution is 0.411. The molecule has 1 saturated heterocycles. The zero-order chi connectivity index (χ0) is 11.0. The topological polar surface area (TPSA) is 3.24 Å². The van der Waals surface area contributed by atoms with Gasteiger partial charge < -0.3 is 4.90 Å². The number of fused-ring (bicyclic) bond motifs is 1. The first-order chi connectivity index (χ1) is 7.83. The maximum Gasteiger partial charge on any atom is 0.0412 e. The molecule has 0 spiro atoms. The molecule has 84 valence electrons. The van der Waals surface area contributed by atoms with Crippen LogP contribution in [0.2, 0.25) is 5.02 Å². The summed E-state index contributed by atoms with van der Waals surface area (Å²) in [6, 6.07) is 6.25. The number of likely N-dealkylation sites (tertiary alicyclic amines) is 1. The number of aryl methyl sites for hydroxylation is 1. The highest BCUT2D eigenvalue weighted by Crippen LogP contribution is 2.29. The zero-order valence-corrected chi connectivity index (χ0v) is 10.1. The minimum atomic E-state index is 0.845. The van der Waals surface area contributed by atoms with E-state index in [0.29, 0.717) is 0 Å². The Bertz CT molecular complexity index is 430. The molecule has 2 aliphatic rings. The van der Waals surface area contributed by atoms with Gasteiger partial charge in [-0.05, 0) is 55.0 Å². The van der Waals surface area contributed by atoms with Crippen LogP contribution < -0.4 is 0 Å². The fraction of sp³-hybridized carbons (Fsp3) is 0.429. The Labute approximate surface area is 102 Å². The molecule has 0 unspecified atom stereocenters. The molecule has 1 aromatic carbocycles. The van der Waals surface area contributed by atoms with Crippen LogP contribution in [0, 0.1) is 0 Å². The van der Waals surface area contributed by atoms with Gasteiger partial charge in [0.05, 0.1) is 0 Å². The summed E-state index contributed by atoms with van der Waals surface area (Å²) in [7, 11) is 0. The highest BCUT2D eigenvalue weighted by molar-refractivity contribution is 6.30. The summed E-state index contributed by atoms with van der Waals surface area (Å²) in [5, 5.41) is 0.845. The highest BCUT2D eigenvalue weighted by atomic mass is 35.5. The summed E-state index contributed by atoms with van der Waals surface area (Å²) in [5.74, 6) is 0. The van der Waals surface area contributed by atoms with Crippen LogP contribution in [0.4, 0.5) is 0 Å². The highest BCUT2D eigenvalue weighted by Gasteiger charge is 2.18. The molecule has 1 nitrogen and oxygen atoms in total. The molecule has 0 aromatic heterocycles. The predicted molar refractivity (Wildman–Crippen MR) is 68.6 cm³/mol. The molecule has 2 heteroatoms. The van der Waals surface area contributed by atoms with Crippen molar-refractivity contribution < 1.29 is 0 Å². The van der Waals surface area contributed by atoms with Gasteiger partial charge in [-0.15, -0.1) is 0 Å². The number of rotatable bonds is 1. The minimum absolute atomic E-state index is 0.845. The summed E-state index contributed by atoms with van der Waals surface area (Å²) in [4.78, 5) is 2.53. The number of allylic oxidation sites excluding steroid dienone is 1. The molecule has 1 aromatic rings. The van der Waals surface area contributed by atoms with E-state index < -0.39 is 0 Å². The average Bonchev–Trinajstić information content (AvgIpc) is 2.81. The molecule has 3 rings (SSSR count). The van der Waals surface area contributed by atoms with Crippen LogP contribution in [0.25, 0.3) is 6.08 Å². The van der Waals surface area contributed by atoms with Crippen molar-refractivity contribution in [2.45, 2.75) is 25.7 Å². The standard InChI is InChI=1S/C14H16ClN/c15-13-5-3-11-4-6-14(10-12(11)9-13)16-7-1-2-8-16/h3,5,9-10H,1-2,4,6-8H2. The van der Waals surface area contributed by atoms with E-state index >= 15 is 0 Å². The van der Waals surface area contributed by atoms with E-state index in [0.717, 1.165) is 11.4 Å². The molecule has 0 N–H and O–H groups in total. The van der Waals surface area contributed by atoms with Gasteiger partial charge in [0.25, 0.3) is 0 Å². The second kappa shape index (κ2) is 4.14. The van der Waals surface area contributed by atoms with Crippen molar-refractivity contribution in [1.82, 2.24) is 4.90 Å². The maximum absolute atomic E-state index is 6.04. The SMILES string of the molecule is Clc1ccc2c(c1)C=C(N1CCCC1)CC2. The molecule has 0 amide bonds. The summed E-state index contributed by atoms with van der Waals surface area (Å²) in [5.41, 5.74) is 4.26. The van der Waals surface area contributed by atoms with Crippen LogP contribution in [0.15, 0.2) is 23.9 Å². The third-order valence-corrected chi connectivity index (χ3v) is 3.83. The fourth-order valence-corrected chi connectivity index (χ4v) is 2.88. The second-order valence-corrected chi connectivity index (χ2v) is 5.11. The first-order valence-electron chi connectivity index (χ1n) is 6.07. The largest absolute Gasteiger partial charge is 0.375 e. The number of hydrogen-bond acceptors (Lipinski definition) is 1. The lowest BCUT2D eigenvalue weighted by Gasteiger charge is -2.25. The van der Waals surface area contributed by atoms with Crippen LogP contribution in [0.3, 0.4) is 0 Å². The van der Waals surface area contributed by atoms with Crippen LogP contribution in [0.1, 0.15) is 30.4 Å². The van der Waals surface area contributed by atoms with Gasteiger partial charge in [-0.2, -0.15) is 0 Å². The number of benzene rings is 1. The van der Waals surface area contributed by atoms with Gasteiger partial charge >= 0.3 is 0 Å². The smallest absolute Gasteiger partial charge is 0.0412 e. The lowest BCUT2D eigenvalue weighted by atomic mass is 9.95. The van der Waals surface area contributed by atoms with E-state index in [1.54, 1.807) is 0 Å². The Kier molecular flexibility index (Phi) is 2.64. The molecule has 0 bridgehead atoms. The Morgan fingerprint density at radius 2 is 1.88 bits per heavy atom. The van der Waals surface area contributed by atoms with Gasteiger partial charge in [-0.1, -0.05) is 17.7 Å². The first kappa shape index (κ1) is 10.2. The summed E-state index contributed by atoms with van der Waals surface area (Å²) in [6.07, 6.45) is 7.37. The van der Waals surface area contributed by atoms with Crippen molar-refractivity contribution in [2.24, 2.45) is 0 Å². The van der Waals surface area contributed by atoms with Crippen molar-refractivity contribution in [1.29, 1.82) is 0 Å². The molecular formula is C14H16ClN. The summed E-state index contributed by atoms with van der Waals surface area (Å²) < 4.78 is 0. The predicted octanol–water partition coefficient (Wildman–Crippen LogP) is 3.72. The Morgan fingerprint density at radius 1 is 1.06 bits per heavy atom. The molecule has 0 atom stereocenters. The van der Waals surface area contributed by atoms with Gasteiger partial charge in [-0.3, -0.25) is 0 Å². The molecule has 1 aliphatic carbocycles. The molecule has 0 radical (unpaired) electrons. The van der Waals surface area contributed by atoms with Crippen molar-refractivity contribution in [3.8, 4) is 0 Å². The Hall–Kier alpha value is -0.950. The molecule has 1 fully saturated rings. The maximum atomic E-state index is 6.04. The van der Waals surface area contributed by atoms with E-state index in [1.807, 2.05) is 6.07 Å². The van der Waals surface area contributed by atoms with Crippen LogP contribution in [-0.4, -0.2) is 18.0 Å².